The summed E-state index contributed by atoms with van der Waals surface area (Å²) in [5.41, 5.74) is 0.953. The molecule has 0 fully saturated rings. The van der Waals surface area contributed by atoms with Crippen molar-refractivity contribution < 1.29 is 19.7 Å². The molecule has 0 heterocycles. The summed E-state index contributed by atoms with van der Waals surface area (Å²) in [6.07, 6.45) is 1.76. The third-order valence-electron chi connectivity index (χ3n) is 2.91. The highest BCUT2D eigenvalue weighted by molar-refractivity contribution is 5.67. The highest BCUT2D eigenvalue weighted by Gasteiger charge is 2.04. The molecule has 0 radical (unpaired) electrons. The Morgan fingerprint density at radius 3 is 2.65 bits per heavy atom. The second kappa shape index (κ2) is 10.2. The van der Waals surface area contributed by atoms with Crippen molar-refractivity contribution in [2.45, 2.75) is 38.4 Å². The average Bonchev–Trinajstić information content (AvgIpc) is 2.46. The lowest BCUT2D eigenvalue weighted by atomic mass is 10.1. The number of amides is 1. The lowest BCUT2D eigenvalue weighted by Gasteiger charge is -2.09. The van der Waals surface area contributed by atoms with Crippen LogP contribution in [0.3, 0.4) is 0 Å². The Bertz CT molecular complexity index is 369. The van der Waals surface area contributed by atoms with Crippen LogP contribution in [0.5, 0.6) is 0 Å². The molecule has 1 rings (SSSR count). The first-order valence-corrected chi connectivity index (χ1v) is 6.96. The van der Waals surface area contributed by atoms with E-state index < -0.39 is 12.2 Å². The predicted octanol–water partition coefficient (Wildman–Crippen LogP) is 1.83. The van der Waals surface area contributed by atoms with Crippen molar-refractivity contribution in [3.63, 3.8) is 0 Å². The van der Waals surface area contributed by atoms with Gasteiger partial charge in [-0.3, -0.25) is 0 Å². The Hall–Kier alpha value is -1.59. The molecule has 3 N–H and O–H groups in total. The Balaban J connectivity index is 2.00. The van der Waals surface area contributed by atoms with Gasteiger partial charge < -0.3 is 20.3 Å². The first-order chi connectivity index (χ1) is 9.72. The van der Waals surface area contributed by atoms with Crippen molar-refractivity contribution in [3.05, 3.63) is 35.9 Å². The second-order valence-electron chi connectivity index (χ2n) is 4.65. The van der Waals surface area contributed by atoms with E-state index in [9.17, 15) is 9.90 Å². The van der Waals surface area contributed by atoms with Crippen LogP contribution in [0.25, 0.3) is 0 Å². The van der Waals surface area contributed by atoms with Gasteiger partial charge in [0.05, 0.1) is 6.10 Å². The first kappa shape index (κ1) is 16.5. The van der Waals surface area contributed by atoms with Crippen molar-refractivity contribution in [1.29, 1.82) is 0 Å². The topological polar surface area (TPSA) is 78.8 Å². The van der Waals surface area contributed by atoms with E-state index in [1.807, 2.05) is 30.3 Å². The SMILES string of the molecule is O=C(NCCCC[C@@H](O)CCO)OCc1ccccc1. The number of hydrogen-bond donors (Lipinski definition) is 3. The fourth-order valence-corrected chi connectivity index (χ4v) is 1.76. The minimum atomic E-state index is -0.454. The van der Waals surface area contributed by atoms with Crippen LogP contribution in [0, 0.1) is 0 Å². The number of unbranched alkanes of at least 4 members (excludes halogenated alkanes) is 1. The molecule has 1 aromatic carbocycles. The quantitative estimate of drug-likeness (QED) is 0.603. The van der Waals surface area contributed by atoms with Crippen LogP contribution >= 0.6 is 0 Å². The maximum atomic E-state index is 11.4. The molecule has 0 spiro atoms. The van der Waals surface area contributed by atoms with Gasteiger partial charge in [-0.15, -0.1) is 0 Å². The minimum Gasteiger partial charge on any atom is -0.445 e. The molecule has 1 atom stereocenters. The zero-order chi connectivity index (χ0) is 14.6. The van der Waals surface area contributed by atoms with Crippen LogP contribution in [0.4, 0.5) is 4.79 Å². The zero-order valence-corrected chi connectivity index (χ0v) is 11.6. The monoisotopic (exact) mass is 281 g/mol. The standard InChI is InChI=1S/C15H23NO4/c17-11-9-14(18)8-4-5-10-16-15(19)20-12-13-6-2-1-3-7-13/h1-3,6-7,14,17-18H,4-5,8-12H2,(H,16,19)/t14-/m1/s1. The fourth-order valence-electron chi connectivity index (χ4n) is 1.76. The van der Waals surface area contributed by atoms with Gasteiger partial charge in [-0.1, -0.05) is 30.3 Å². The summed E-state index contributed by atoms with van der Waals surface area (Å²) >= 11 is 0. The van der Waals surface area contributed by atoms with Crippen molar-refractivity contribution in [1.82, 2.24) is 5.32 Å². The molecule has 0 saturated carbocycles. The first-order valence-electron chi connectivity index (χ1n) is 6.96. The lowest BCUT2D eigenvalue weighted by molar-refractivity contribution is 0.122. The molecule has 0 unspecified atom stereocenters. The zero-order valence-electron chi connectivity index (χ0n) is 11.6. The Morgan fingerprint density at radius 1 is 1.20 bits per heavy atom. The number of nitrogens with one attached hydrogen (secondary N) is 1. The van der Waals surface area contributed by atoms with Gasteiger partial charge in [0.2, 0.25) is 0 Å². The highest BCUT2D eigenvalue weighted by Crippen LogP contribution is 2.04. The van der Waals surface area contributed by atoms with E-state index in [0.29, 0.717) is 19.4 Å². The molecule has 0 bridgehead atoms. The summed E-state index contributed by atoms with van der Waals surface area (Å²) in [7, 11) is 0. The van der Waals surface area contributed by atoms with Crippen molar-refractivity contribution in [2.24, 2.45) is 0 Å². The summed E-state index contributed by atoms with van der Waals surface area (Å²) in [5, 5.41) is 20.7. The molecule has 5 heteroatoms. The molecule has 5 nitrogen and oxygen atoms in total. The predicted molar refractivity (Wildman–Crippen MR) is 76.2 cm³/mol. The normalized spacial score (nSPS) is 11.9. The van der Waals surface area contributed by atoms with E-state index in [-0.39, 0.29) is 13.2 Å². The van der Waals surface area contributed by atoms with Gasteiger partial charge in [0.25, 0.3) is 0 Å². The molecule has 1 aromatic rings. The van der Waals surface area contributed by atoms with Crippen molar-refractivity contribution >= 4 is 6.09 Å². The van der Waals surface area contributed by atoms with E-state index >= 15 is 0 Å². The summed E-state index contributed by atoms with van der Waals surface area (Å²) < 4.78 is 5.06. The lowest BCUT2D eigenvalue weighted by Crippen LogP contribution is -2.25. The number of rotatable bonds is 9. The Kier molecular flexibility index (Phi) is 8.42. The molecule has 0 aliphatic heterocycles. The van der Waals surface area contributed by atoms with E-state index in [4.69, 9.17) is 9.84 Å². The summed E-state index contributed by atoms with van der Waals surface area (Å²) in [6, 6.07) is 9.50. The largest absolute Gasteiger partial charge is 0.445 e. The van der Waals surface area contributed by atoms with E-state index in [2.05, 4.69) is 5.32 Å². The van der Waals surface area contributed by atoms with Gasteiger partial charge in [-0.05, 0) is 31.2 Å². The van der Waals surface area contributed by atoms with E-state index in [1.165, 1.54) is 0 Å². The fraction of sp³-hybridized carbons (Fsp3) is 0.533. The van der Waals surface area contributed by atoms with Gasteiger partial charge in [0, 0.05) is 13.2 Å². The molecular weight excluding hydrogens is 258 g/mol. The van der Waals surface area contributed by atoms with Gasteiger partial charge >= 0.3 is 6.09 Å². The van der Waals surface area contributed by atoms with E-state index in [0.717, 1.165) is 18.4 Å². The van der Waals surface area contributed by atoms with Gasteiger partial charge in [0.15, 0.2) is 0 Å². The number of ether oxygens (including phenoxy) is 1. The van der Waals surface area contributed by atoms with Crippen LogP contribution in [0.1, 0.15) is 31.2 Å². The molecule has 0 saturated heterocycles. The van der Waals surface area contributed by atoms with Crippen molar-refractivity contribution in [2.75, 3.05) is 13.2 Å². The summed E-state index contributed by atoms with van der Waals surface area (Å²) in [6.45, 7) is 0.798. The van der Waals surface area contributed by atoms with Crippen LogP contribution in [-0.2, 0) is 11.3 Å². The van der Waals surface area contributed by atoms with Crippen LogP contribution < -0.4 is 5.32 Å². The number of hydrogen-bond acceptors (Lipinski definition) is 4. The highest BCUT2D eigenvalue weighted by atomic mass is 16.5. The number of alkyl carbamates (subject to hydrolysis) is 1. The van der Waals surface area contributed by atoms with E-state index in [1.54, 1.807) is 0 Å². The third-order valence-corrected chi connectivity index (χ3v) is 2.91. The summed E-state index contributed by atoms with van der Waals surface area (Å²) in [4.78, 5) is 11.4. The van der Waals surface area contributed by atoms with Crippen LogP contribution in [0.15, 0.2) is 30.3 Å². The van der Waals surface area contributed by atoms with Crippen molar-refractivity contribution in [3.8, 4) is 0 Å². The van der Waals surface area contributed by atoms with Gasteiger partial charge in [-0.25, -0.2) is 4.79 Å². The maximum absolute atomic E-state index is 11.4. The summed E-state index contributed by atoms with van der Waals surface area (Å²) in [5.74, 6) is 0. The number of aliphatic hydroxyl groups is 2. The second-order valence-corrected chi connectivity index (χ2v) is 4.65. The number of carbonyl (C=O) groups is 1. The van der Waals surface area contributed by atoms with Crippen LogP contribution in [-0.4, -0.2) is 35.6 Å². The molecule has 0 aliphatic carbocycles. The molecule has 1 amide bonds. The molecular formula is C15H23NO4. The number of aliphatic hydroxyl groups excluding tert-OH is 2. The van der Waals surface area contributed by atoms with Gasteiger partial charge in [-0.2, -0.15) is 0 Å². The molecule has 0 aromatic heterocycles. The van der Waals surface area contributed by atoms with Gasteiger partial charge in [0.1, 0.15) is 6.61 Å². The smallest absolute Gasteiger partial charge is 0.407 e. The number of benzene rings is 1. The molecule has 112 valence electrons. The minimum absolute atomic E-state index is 0.00519. The molecule has 20 heavy (non-hydrogen) atoms. The third kappa shape index (κ3) is 7.76. The average molecular weight is 281 g/mol. The van der Waals surface area contributed by atoms with Crippen LogP contribution in [0.2, 0.25) is 0 Å². The Morgan fingerprint density at radius 2 is 1.95 bits per heavy atom. The number of carbonyl (C=O) groups excluding carboxylic acids is 1. The molecule has 0 aliphatic rings. The Labute approximate surface area is 119 Å². The maximum Gasteiger partial charge on any atom is 0.407 e.